The molecule has 4 nitrogen and oxygen atoms in total. The highest BCUT2D eigenvalue weighted by Crippen LogP contribution is 2.34. The zero-order chi connectivity index (χ0) is 15.7. The molecule has 0 atom stereocenters. The Kier molecular flexibility index (Phi) is 4.93. The van der Waals surface area contributed by atoms with Gasteiger partial charge in [-0.25, -0.2) is 0 Å². The number of hydrogen-bond donors (Lipinski definition) is 1. The average Bonchev–Trinajstić information content (AvgIpc) is 2.63. The van der Waals surface area contributed by atoms with Gasteiger partial charge in [0, 0.05) is 10.0 Å². The van der Waals surface area contributed by atoms with Crippen molar-refractivity contribution in [2.45, 2.75) is 6.92 Å². The lowest BCUT2D eigenvalue weighted by Crippen LogP contribution is -2.33. The van der Waals surface area contributed by atoms with Crippen LogP contribution >= 0.6 is 47.2 Å². The molecule has 1 N–H and O–H groups in total. The van der Waals surface area contributed by atoms with Gasteiger partial charge in [0.05, 0.1) is 4.91 Å². The molecule has 1 aromatic rings. The van der Waals surface area contributed by atoms with Gasteiger partial charge < -0.3 is 5.11 Å². The summed E-state index contributed by atoms with van der Waals surface area (Å²) in [7, 11) is 0. The number of hydrogen-bond acceptors (Lipinski definition) is 4. The van der Waals surface area contributed by atoms with Crippen molar-refractivity contribution in [1.29, 1.82) is 0 Å². The third-order valence-corrected chi connectivity index (χ3v) is 4.93. The van der Waals surface area contributed by atoms with Crippen molar-refractivity contribution in [2.75, 3.05) is 6.54 Å². The number of thiocarbonyl (C=S) groups is 1. The number of halogens is 2. The van der Waals surface area contributed by atoms with Crippen molar-refractivity contribution in [3.8, 4) is 0 Å². The summed E-state index contributed by atoms with van der Waals surface area (Å²) in [6, 6.07) is 3.37. The van der Waals surface area contributed by atoms with E-state index in [0.29, 0.717) is 20.5 Å². The molecule has 0 saturated carbocycles. The number of carboxylic acid groups (broad SMARTS) is 1. The Morgan fingerprint density at radius 1 is 1.43 bits per heavy atom. The van der Waals surface area contributed by atoms with Gasteiger partial charge in [0.2, 0.25) is 0 Å². The van der Waals surface area contributed by atoms with Crippen LogP contribution in [-0.2, 0) is 9.59 Å². The summed E-state index contributed by atoms with van der Waals surface area (Å²) in [5, 5.41) is 9.76. The molecule has 8 heteroatoms. The molecule has 21 heavy (non-hydrogen) atoms. The van der Waals surface area contributed by atoms with Crippen LogP contribution in [0.15, 0.2) is 17.0 Å². The van der Waals surface area contributed by atoms with E-state index in [1.165, 1.54) is 0 Å². The van der Waals surface area contributed by atoms with E-state index in [9.17, 15) is 9.59 Å². The highest BCUT2D eigenvalue weighted by Gasteiger charge is 2.33. The van der Waals surface area contributed by atoms with Crippen LogP contribution in [0.1, 0.15) is 11.1 Å². The quantitative estimate of drug-likeness (QED) is 0.658. The number of carboxylic acids is 1. The second-order valence-corrected chi connectivity index (χ2v) is 6.76. The molecule has 1 heterocycles. The van der Waals surface area contributed by atoms with Crippen molar-refractivity contribution in [3.63, 3.8) is 0 Å². The lowest BCUT2D eigenvalue weighted by atomic mass is 10.1. The minimum absolute atomic E-state index is 0.220. The Labute approximate surface area is 140 Å². The molecule has 1 amide bonds. The van der Waals surface area contributed by atoms with Crippen LogP contribution in [-0.4, -0.2) is 32.7 Å². The molecular weight excluding hydrogens is 353 g/mol. The van der Waals surface area contributed by atoms with Crippen LogP contribution in [0.25, 0.3) is 6.08 Å². The summed E-state index contributed by atoms with van der Waals surface area (Å²) in [6.45, 7) is 1.35. The number of carbonyl (C=O) groups excluding carboxylic acids is 1. The number of amides is 1. The molecule has 1 saturated heterocycles. The average molecular weight is 362 g/mol. The predicted octanol–water partition coefficient (Wildman–Crippen LogP) is 3.59. The summed E-state index contributed by atoms with van der Waals surface area (Å²) in [5.74, 6) is -1.55. The second kappa shape index (κ2) is 6.36. The molecule has 0 radical (unpaired) electrons. The summed E-state index contributed by atoms with van der Waals surface area (Å²) < 4.78 is 0.220. The van der Waals surface area contributed by atoms with E-state index in [4.69, 9.17) is 40.5 Å². The van der Waals surface area contributed by atoms with Crippen molar-refractivity contribution in [1.82, 2.24) is 4.90 Å². The van der Waals surface area contributed by atoms with E-state index in [1.807, 2.05) is 0 Å². The fraction of sp³-hybridized carbons (Fsp3) is 0.154. The van der Waals surface area contributed by atoms with Crippen molar-refractivity contribution in [3.05, 3.63) is 38.2 Å². The molecule has 1 aliphatic heterocycles. The van der Waals surface area contributed by atoms with Crippen LogP contribution in [0, 0.1) is 6.92 Å². The van der Waals surface area contributed by atoms with Crippen LogP contribution in [0.4, 0.5) is 0 Å². The maximum absolute atomic E-state index is 12.1. The van der Waals surface area contributed by atoms with Gasteiger partial charge in [-0.2, -0.15) is 0 Å². The Morgan fingerprint density at radius 3 is 2.52 bits per heavy atom. The first kappa shape index (κ1) is 16.3. The zero-order valence-electron chi connectivity index (χ0n) is 10.7. The standard InChI is InChI=1S/C13H9Cl2NO3S2/c1-6-8(14)2-7(3-9(6)15)4-10-12(19)16(5-11(17)18)13(20)21-10/h2-4H,5H2,1H3,(H,17,18)/b10-4-. The van der Waals surface area contributed by atoms with E-state index in [-0.39, 0.29) is 4.32 Å². The molecule has 0 spiro atoms. The number of carbonyl (C=O) groups is 2. The first-order valence-corrected chi connectivity index (χ1v) is 7.70. The number of rotatable bonds is 3. The zero-order valence-corrected chi connectivity index (χ0v) is 13.9. The summed E-state index contributed by atoms with van der Waals surface area (Å²) in [6.07, 6.45) is 1.60. The maximum Gasteiger partial charge on any atom is 0.323 e. The van der Waals surface area contributed by atoms with E-state index in [1.54, 1.807) is 25.1 Å². The minimum atomic E-state index is -1.12. The predicted molar refractivity (Wildman–Crippen MR) is 88.7 cm³/mol. The molecule has 110 valence electrons. The minimum Gasteiger partial charge on any atom is -0.480 e. The van der Waals surface area contributed by atoms with Crippen molar-refractivity contribution < 1.29 is 14.7 Å². The molecule has 1 aromatic carbocycles. The normalized spacial score (nSPS) is 16.9. The van der Waals surface area contributed by atoms with E-state index < -0.39 is 18.4 Å². The highest BCUT2D eigenvalue weighted by atomic mass is 35.5. The first-order valence-electron chi connectivity index (χ1n) is 5.72. The molecule has 0 bridgehead atoms. The van der Waals surface area contributed by atoms with Crippen LogP contribution in [0.3, 0.4) is 0 Å². The molecule has 0 unspecified atom stereocenters. The number of aliphatic carboxylic acids is 1. The second-order valence-electron chi connectivity index (χ2n) is 4.27. The maximum atomic E-state index is 12.1. The lowest BCUT2D eigenvalue weighted by molar-refractivity contribution is -0.140. The van der Waals surface area contributed by atoms with Gasteiger partial charge in [0.1, 0.15) is 10.9 Å². The fourth-order valence-corrected chi connectivity index (χ4v) is 3.43. The van der Waals surface area contributed by atoms with Crippen molar-refractivity contribution >= 4 is 69.5 Å². The van der Waals surface area contributed by atoms with Gasteiger partial charge in [-0.15, -0.1) is 0 Å². The Morgan fingerprint density at radius 2 is 2.00 bits per heavy atom. The van der Waals surface area contributed by atoms with E-state index in [2.05, 4.69) is 0 Å². The van der Waals surface area contributed by atoms with Crippen LogP contribution in [0.5, 0.6) is 0 Å². The van der Waals surface area contributed by atoms with E-state index >= 15 is 0 Å². The van der Waals surface area contributed by atoms with Crippen LogP contribution in [0.2, 0.25) is 10.0 Å². The van der Waals surface area contributed by atoms with Gasteiger partial charge in [0.25, 0.3) is 5.91 Å². The summed E-state index contributed by atoms with van der Waals surface area (Å²) in [4.78, 5) is 24.2. The monoisotopic (exact) mass is 361 g/mol. The van der Waals surface area contributed by atoms with Gasteiger partial charge in [-0.3, -0.25) is 14.5 Å². The number of nitrogens with zero attached hydrogens (tertiary/aromatic N) is 1. The molecule has 1 fully saturated rings. The fourth-order valence-electron chi connectivity index (χ4n) is 1.67. The molecule has 2 rings (SSSR count). The first-order chi connectivity index (χ1) is 9.79. The number of benzene rings is 1. The summed E-state index contributed by atoms with van der Waals surface area (Å²) >= 11 is 18.2. The molecule has 0 aliphatic carbocycles. The highest BCUT2D eigenvalue weighted by molar-refractivity contribution is 8.26. The molecular formula is C13H9Cl2NO3S2. The van der Waals surface area contributed by atoms with Gasteiger partial charge in [-0.05, 0) is 36.3 Å². The smallest absolute Gasteiger partial charge is 0.323 e. The lowest BCUT2D eigenvalue weighted by Gasteiger charge is -2.10. The Balaban J connectivity index is 2.33. The van der Waals surface area contributed by atoms with Crippen LogP contribution < -0.4 is 0 Å². The largest absolute Gasteiger partial charge is 0.480 e. The third-order valence-electron chi connectivity index (χ3n) is 2.77. The molecule has 1 aliphatic rings. The van der Waals surface area contributed by atoms with Crippen molar-refractivity contribution in [2.24, 2.45) is 0 Å². The van der Waals surface area contributed by atoms with Gasteiger partial charge in [0.15, 0.2) is 0 Å². The van der Waals surface area contributed by atoms with Gasteiger partial charge in [-0.1, -0.05) is 47.2 Å². The van der Waals surface area contributed by atoms with E-state index in [0.717, 1.165) is 22.2 Å². The third kappa shape index (κ3) is 3.58. The summed E-state index contributed by atoms with van der Waals surface area (Å²) in [5.41, 5.74) is 1.42. The Bertz CT molecular complexity index is 665. The SMILES string of the molecule is Cc1c(Cl)cc(/C=C2\SC(=S)N(CC(=O)O)C2=O)cc1Cl. The molecule has 0 aromatic heterocycles. The number of thioether (sulfide) groups is 1. The topological polar surface area (TPSA) is 57.6 Å². The van der Waals surface area contributed by atoms with Gasteiger partial charge >= 0.3 is 5.97 Å². The Hall–Kier alpha value is -1.08.